The number of thioether (sulfide) groups is 1. The average Bonchev–Trinajstić information content (AvgIpc) is 3.09. The van der Waals surface area contributed by atoms with Crippen molar-refractivity contribution in [2.24, 2.45) is 22.3 Å². The first-order chi connectivity index (χ1) is 17.3. The van der Waals surface area contributed by atoms with Crippen molar-refractivity contribution >= 4 is 11.8 Å². The lowest BCUT2D eigenvalue weighted by atomic mass is 9.62. The van der Waals surface area contributed by atoms with Crippen LogP contribution < -0.4 is 11.5 Å². The average molecular weight is 515 g/mol. The molecule has 0 aliphatic heterocycles. The first-order valence-electron chi connectivity index (χ1n) is 15.8. The molecule has 4 aliphatic carbocycles. The van der Waals surface area contributed by atoms with Crippen LogP contribution in [-0.2, 0) is 0 Å². The molecule has 0 amide bonds. The lowest BCUT2D eigenvalue weighted by Gasteiger charge is -2.48. The van der Waals surface area contributed by atoms with Gasteiger partial charge in [0.15, 0.2) is 0 Å². The van der Waals surface area contributed by atoms with Crippen molar-refractivity contribution < 1.29 is 0 Å². The van der Waals surface area contributed by atoms with Crippen LogP contribution in [0.5, 0.6) is 0 Å². The monoisotopic (exact) mass is 514 g/mol. The molecule has 36 heavy (non-hydrogen) atoms. The fourth-order valence-corrected chi connectivity index (χ4v) is 9.81. The normalized spacial score (nSPS) is 41.1. The van der Waals surface area contributed by atoms with Gasteiger partial charge in [0.1, 0.15) is 0 Å². The Morgan fingerprint density at radius 2 is 1.17 bits per heavy atom. The molecule has 5 unspecified atom stereocenters. The molecule has 4 rings (SSSR count). The van der Waals surface area contributed by atoms with Crippen LogP contribution in [0, 0.1) is 10.8 Å². The van der Waals surface area contributed by atoms with Crippen molar-refractivity contribution in [1.82, 2.24) is 0 Å². The van der Waals surface area contributed by atoms with Gasteiger partial charge in [-0.25, -0.2) is 0 Å². The summed E-state index contributed by atoms with van der Waals surface area (Å²) in [5.41, 5.74) is 15.1. The summed E-state index contributed by atoms with van der Waals surface area (Å²) in [4.78, 5) is 0. The van der Waals surface area contributed by atoms with E-state index in [1.807, 2.05) is 0 Å². The van der Waals surface area contributed by atoms with E-state index in [2.05, 4.69) is 49.9 Å². The molecule has 0 radical (unpaired) electrons. The second kappa shape index (κ2) is 12.7. The molecule has 2 nitrogen and oxygen atoms in total. The molecule has 4 aliphatic rings. The Kier molecular flexibility index (Phi) is 10.2. The van der Waals surface area contributed by atoms with Gasteiger partial charge in [0, 0.05) is 27.0 Å². The predicted octanol–water partition coefficient (Wildman–Crippen LogP) is 9.22. The van der Waals surface area contributed by atoms with E-state index in [4.69, 9.17) is 11.5 Å². The molecule has 3 heteroatoms. The molecule has 5 atom stereocenters. The van der Waals surface area contributed by atoms with Crippen molar-refractivity contribution in [1.29, 1.82) is 0 Å². The minimum Gasteiger partial charge on any atom is -0.325 e. The van der Waals surface area contributed by atoms with Crippen LogP contribution in [-0.4, -0.2) is 21.6 Å². The van der Waals surface area contributed by atoms with Gasteiger partial charge in [0.05, 0.1) is 0 Å². The molecule has 0 bridgehead atoms. The summed E-state index contributed by atoms with van der Waals surface area (Å²) in [5.74, 6) is 0. The van der Waals surface area contributed by atoms with E-state index in [9.17, 15) is 0 Å². The van der Waals surface area contributed by atoms with E-state index in [0.717, 1.165) is 16.9 Å². The van der Waals surface area contributed by atoms with E-state index in [1.165, 1.54) is 128 Å². The Labute approximate surface area is 228 Å². The third-order valence-electron chi connectivity index (χ3n) is 11.2. The standard InChI is InChI=1S/C33H58N2S/c1-30(20-10-6-3-4-7-11-21-30)32(34)24-14-16-28(18-26-32)36-29-17-15-25-33(35,27-19-29)31(2)22-12-8-5-9-13-23-31/h6,10-11,21,28-29H,3-5,7-9,12-20,22-27,34-35H2,1-2H3. The fraction of sp³-hybridized carbons (Fsp3) is 0.879. The lowest BCUT2D eigenvalue weighted by molar-refractivity contribution is 0.0855. The lowest BCUT2D eigenvalue weighted by Crippen LogP contribution is -2.54. The summed E-state index contributed by atoms with van der Waals surface area (Å²) >= 11 is 2.34. The van der Waals surface area contributed by atoms with Gasteiger partial charge >= 0.3 is 0 Å². The van der Waals surface area contributed by atoms with Gasteiger partial charge in [0.25, 0.3) is 0 Å². The third-order valence-corrected chi connectivity index (χ3v) is 13.0. The van der Waals surface area contributed by atoms with E-state index in [0.29, 0.717) is 5.41 Å². The van der Waals surface area contributed by atoms with Gasteiger partial charge in [-0.1, -0.05) is 83.1 Å². The minimum atomic E-state index is -0.0733. The number of hydrogen-bond acceptors (Lipinski definition) is 3. The van der Waals surface area contributed by atoms with E-state index >= 15 is 0 Å². The van der Waals surface area contributed by atoms with Crippen LogP contribution in [0.25, 0.3) is 0 Å². The first-order valence-corrected chi connectivity index (χ1v) is 16.8. The second-order valence-electron chi connectivity index (χ2n) is 13.8. The molecule has 0 aromatic heterocycles. The van der Waals surface area contributed by atoms with Crippen LogP contribution in [0.3, 0.4) is 0 Å². The van der Waals surface area contributed by atoms with Crippen LogP contribution in [0.1, 0.15) is 149 Å². The summed E-state index contributed by atoms with van der Waals surface area (Å²) in [6, 6.07) is 0. The van der Waals surface area contributed by atoms with Gasteiger partial charge < -0.3 is 11.5 Å². The Hall–Kier alpha value is -0.250. The number of hydrogen-bond donors (Lipinski definition) is 2. The Morgan fingerprint density at radius 1 is 0.583 bits per heavy atom. The highest BCUT2D eigenvalue weighted by Gasteiger charge is 2.46. The van der Waals surface area contributed by atoms with Crippen molar-refractivity contribution in [2.75, 3.05) is 0 Å². The number of nitrogens with two attached hydrogens (primary N) is 2. The molecule has 0 saturated heterocycles. The van der Waals surface area contributed by atoms with Gasteiger partial charge in [0.2, 0.25) is 0 Å². The van der Waals surface area contributed by atoms with Crippen LogP contribution >= 0.6 is 11.8 Å². The van der Waals surface area contributed by atoms with Crippen LogP contribution in [0.15, 0.2) is 24.3 Å². The molecule has 4 N–H and O–H groups in total. The summed E-state index contributed by atoms with van der Waals surface area (Å²) in [5, 5.41) is 1.58. The smallest absolute Gasteiger partial charge is 0.0247 e. The molecule has 0 aromatic carbocycles. The van der Waals surface area contributed by atoms with Crippen LogP contribution in [0.4, 0.5) is 0 Å². The van der Waals surface area contributed by atoms with Gasteiger partial charge in [-0.05, 0) is 95.3 Å². The maximum Gasteiger partial charge on any atom is 0.0247 e. The topological polar surface area (TPSA) is 52.0 Å². The SMILES string of the molecule is CC1(C2(N)CCCC(SC3CCCC(N)(C4(C)CCCCCCC4)CC3)CC2)C=CCCCC=CC1. The molecular formula is C33H58N2S. The molecule has 0 spiro atoms. The van der Waals surface area contributed by atoms with E-state index in [1.54, 1.807) is 0 Å². The summed E-state index contributed by atoms with van der Waals surface area (Å²) in [6.07, 6.45) is 37.0. The second-order valence-corrected chi connectivity index (χ2v) is 15.4. The Balaban J connectivity index is 1.34. The minimum absolute atomic E-state index is 0.0564. The van der Waals surface area contributed by atoms with Gasteiger partial charge in [-0.2, -0.15) is 11.8 Å². The van der Waals surface area contributed by atoms with Gasteiger partial charge in [-0.3, -0.25) is 0 Å². The molecule has 3 saturated carbocycles. The molecule has 0 aromatic rings. The summed E-state index contributed by atoms with van der Waals surface area (Å²) < 4.78 is 0. The Bertz CT molecular complexity index is 738. The van der Waals surface area contributed by atoms with E-state index < -0.39 is 0 Å². The third kappa shape index (κ3) is 6.84. The van der Waals surface area contributed by atoms with Crippen molar-refractivity contribution in [3.63, 3.8) is 0 Å². The highest BCUT2D eigenvalue weighted by Crippen LogP contribution is 2.50. The molecular weight excluding hydrogens is 456 g/mol. The highest BCUT2D eigenvalue weighted by molar-refractivity contribution is 8.00. The largest absolute Gasteiger partial charge is 0.325 e. The zero-order valence-electron chi connectivity index (χ0n) is 23.9. The zero-order valence-corrected chi connectivity index (χ0v) is 24.7. The molecule has 206 valence electrons. The molecule has 3 fully saturated rings. The maximum atomic E-state index is 7.34. The fourth-order valence-electron chi connectivity index (χ4n) is 8.15. The van der Waals surface area contributed by atoms with Crippen molar-refractivity contribution in [2.45, 2.75) is 170 Å². The zero-order chi connectivity index (χ0) is 25.5. The summed E-state index contributed by atoms with van der Waals surface area (Å²) in [6.45, 7) is 4.99. The maximum absolute atomic E-state index is 7.34. The van der Waals surface area contributed by atoms with Crippen molar-refractivity contribution in [3.8, 4) is 0 Å². The Morgan fingerprint density at radius 3 is 1.86 bits per heavy atom. The molecule has 0 heterocycles. The number of rotatable bonds is 4. The van der Waals surface area contributed by atoms with Gasteiger partial charge in [-0.15, -0.1) is 0 Å². The number of allylic oxidation sites excluding steroid dienone is 3. The first kappa shape index (κ1) is 28.8. The van der Waals surface area contributed by atoms with Crippen molar-refractivity contribution in [3.05, 3.63) is 24.3 Å². The van der Waals surface area contributed by atoms with E-state index in [-0.39, 0.29) is 16.5 Å². The van der Waals surface area contributed by atoms with Crippen LogP contribution in [0.2, 0.25) is 0 Å². The summed E-state index contributed by atoms with van der Waals surface area (Å²) in [7, 11) is 0. The highest BCUT2D eigenvalue weighted by atomic mass is 32.2. The predicted molar refractivity (Wildman–Crippen MR) is 160 cm³/mol. The quantitative estimate of drug-likeness (QED) is 0.290.